The Bertz CT molecular complexity index is 549. The van der Waals surface area contributed by atoms with Gasteiger partial charge in [-0.3, -0.25) is 0 Å². The maximum Gasteiger partial charge on any atom is 0.0758 e. The third-order valence-corrected chi connectivity index (χ3v) is 6.27. The van der Waals surface area contributed by atoms with Crippen LogP contribution in [0.3, 0.4) is 0 Å². The number of hydrogen-bond acceptors (Lipinski definition) is 1. The van der Waals surface area contributed by atoms with Gasteiger partial charge in [0.05, 0.1) is 5.38 Å². The molecular weight excluding hydrogens is 328 g/mol. The van der Waals surface area contributed by atoms with Crippen molar-refractivity contribution in [1.29, 1.82) is 0 Å². The van der Waals surface area contributed by atoms with Crippen molar-refractivity contribution in [2.24, 2.45) is 0 Å². The Morgan fingerprint density at radius 2 is 2.11 bits per heavy atom. The first-order valence-corrected chi connectivity index (χ1v) is 8.33. The molecule has 0 radical (unpaired) electrons. The number of benzene rings is 1. The molecule has 2 unspecified atom stereocenters. The molecule has 1 heterocycles. The van der Waals surface area contributed by atoms with Crippen molar-refractivity contribution in [1.82, 2.24) is 0 Å². The lowest BCUT2D eigenvalue weighted by Crippen LogP contribution is -2.13. The van der Waals surface area contributed by atoms with Crippen molar-refractivity contribution in [3.05, 3.63) is 56.2 Å². The zero-order valence-electron chi connectivity index (χ0n) is 9.90. The lowest BCUT2D eigenvalue weighted by molar-refractivity contribution is 0.541. The Balaban J connectivity index is 1.97. The molecule has 94 valence electrons. The van der Waals surface area contributed by atoms with Gasteiger partial charge in [-0.1, -0.05) is 24.3 Å². The van der Waals surface area contributed by atoms with Crippen LogP contribution in [-0.2, 0) is 6.42 Å². The smallest absolute Gasteiger partial charge is 0.0758 e. The van der Waals surface area contributed by atoms with E-state index >= 15 is 0 Å². The molecule has 1 aliphatic rings. The van der Waals surface area contributed by atoms with Crippen LogP contribution < -0.4 is 0 Å². The predicted molar refractivity (Wildman–Crippen MR) is 82.7 cm³/mol. The molecule has 0 fully saturated rings. The van der Waals surface area contributed by atoms with Crippen LogP contribution in [0.5, 0.6) is 0 Å². The molecule has 3 heteroatoms. The first-order chi connectivity index (χ1) is 8.77. The van der Waals surface area contributed by atoms with Gasteiger partial charge >= 0.3 is 0 Å². The summed E-state index contributed by atoms with van der Waals surface area (Å²) in [7, 11) is 0. The zero-order chi connectivity index (χ0) is 12.5. The van der Waals surface area contributed by atoms with Gasteiger partial charge in [-0.25, -0.2) is 0 Å². The lowest BCUT2D eigenvalue weighted by atomic mass is 9.80. The second kappa shape index (κ2) is 5.36. The third-order valence-electron chi connectivity index (χ3n) is 3.66. The van der Waals surface area contributed by atoms with E-state index in [0.717, 1.165) is 4.47 Å². The Hall–Kier alpha value is -0.310. The van der Waals surface area contributed by atoms with Crippen LogP contribution >= 0.6 is 38.9 Å². The number of hydrogen-bond donors (Lipinski definition) is 0. The number of halogens is 2. The van der Waals surface area contributed by atoms with Gasteiger partial charge in [-0.15, -0.1) is 22.9 Å². The minimum atomic E-state index is 0.0841. The van der Waals surface area contributed by atoms with Crippen LogP contribution in [0.4, 0.5) is 0 Å². The van der Waals surface area contributed by atoms with E-state index in [1.807, 2.05) is 0 Å². The monoisotopic (exact) mass is 340 g/mol. The second-order valence-electron chi connectivity index (χ2n) is 4.73. The van der Waals surface area contributed by atoms with Crippen LogP contribution in [0.1, 0.15) is 40.1 Å². The van der Waals surface area contributed by atoms with Gasteiger partial charge in [-0.05, 0) is 57.8 Å². The number of thiophene rings is 1. The first kappa shape index (κ1) is 12.7. The fourth-order valence-electron chi connectivity index (χ4n) is 2.78. The molecule has 3 rings (SSSR count). The molecule has 0 amide bonds. The van der Waals surface area contributed by atoms with Crippen molar-refractivity contribution >= 4 is 38.9 Å². The zero-order valence-corrected chi connectivity index (χ0v) is 13.1. The van der Waals surface area contributed by atoms with Gasteiger partial charge in [0.25, 0.3) is 0 Å². The SMILES string of the molecule is ClC(c1sccc1Br)C1CCCc2ccccc21. The minimum Gasteiger partial charge on any atom is -0.146 e. The van der Waals surface area contributed by atoms with Crippen LogP contribution in [0.2, 0.25) is 0 Å². The second-order valence-corrected chi connectivity index (χ2v) is 7.00. The highest BCUT2D eigenvalue weighted by atomic mass is 79.9. The average Bonchev–Trinajstić information content (AvgIpc) is 2.83. The summed E-state index contributed by atoms with van der Waals surface area (Å²) < 4.78 is 1.15. The van der Waals surface area contributed by atoms with Crippen LogP contribution in [0, 0.1) is 0 Å². The standard InChI is InChI=1S/C15H14BrClS/c16-13-8-9-18-15(13)14(17)12-7-3-5-10-4-1-2-6-11(10)12/h1-2,4,6,8-9,12,14H,3,5,7H2. The molecule has 0 nitrogen and oxygen atoms in total. The van der Waals surface area contributed by atoms with Crippen molar-refractivity contribution in [2.75, 3.05) is 0 Å². The van der Waals surface area contributed by atoms with Gasteiger partial charge < -0.3 is 0 Å². The molecule has 1 aromatic heterocycles. The minimum absolute atomic E-state index is 0.0841. The van der Waals surface area contributed by atoms with E-state index in [1.165, 1.54) is 35.3 Å². The van der Waals surface area contributed by atoms with Gasteiger partial charge in [0.15, 0.2) is 0 Å². The summed E-state index contributed by atoms with van der Waals surface area (Å²) >= 11 is 12.1. The summed E-state index contributed by atoms with van der Waals surface area (Å²) in [5.74, 6) is 0.451. The molecule has 0 spiro atoms. The third kappa shape index (κ3) is 2.26. The summed E-state index contributed by atoms with van der Waals surface area (Å²) in [4.78, 5) is 1.26. The molecular formula is C15H14BrClS. The Morgan fingerprint density at radius 1 is 1.28 bits per heavy atom. The highest BCUT2D eigenvalue weighted by Gasteiger charge is 2.29. The van der Waals surface area contributed by atoms with Gasteiger partial charge in [-0.2, -0.15) is 0 Å². The summed E-state index contributed by atoms with van der Waals surface area (Å²) in [5.41, 5.74) is 2.93. The molecule has 0 N–H and O–H groups in total. The maximum atomic E-state index is 6.74. The average molecular weight is 342 g/mol. The molecule has 0 bridgehead atoms. The van der Waals surface area contributed by atoms with Crippen molar-refractivity contribution < 1.29 is 0 Å². The summed E-state index contributed by atoms with van der Waals surface area (Å²) in [5, 5.41) is 2.18. The van der Waals surface area contributed by atoms with Gasteiger partial charge in [0, 0.05) is 15.3 Å². The fourth-order valence-corrected chi connectivity index (χ4v) is 5.11. The van der Waals surface area contributed by atoms with E-state index in [4.69, 9.17) is 11.6 Å². The molecule has 2 atom stereocenters. The molecule has 1 aromatic carbocycles. The Morgan fingerprint density at radius 3 is 2.89 bits per heavy atom. The van der Waals surface area contributed by atoms with E-state index in [-0.39, 0.29) is 5.38 Å². The predicted octanol–water partition coefficient (Wildman–Crippen LogP) is 5.91. The molecule has 1 aliphatic carbocycles. The van der Waals surface area contributed by atoms with E-state index in [9.17, 15) is 0 Å². The maximum absolute atomic E-state index is 6.74. The van der Waals surface area contributed by atoms with Gasteiger partial charge in [0.1, 0.15) is 0 Å². The van der Waals surface area contributed by atoms with Crippen molar-refractivity contribution in [3.8, 4) is 0 Å². The van der Waals surface area contributed by atoms with Crippen molar-refractivity contribution in [3.63, 3.8) is 0 Å². The van der Waals surface area contributed by atoms with Crippen LogP contribution in [0.15, 0.2) is 40.2 Å². The van der Waals surface area contributed by atoms with E-state index in [2.05, 4.69) is 51.6 Å². The molecule has 0 saturated carbocycles. The van der Waals surface area contributed by atoms with E-state index < -0.39 is 0 Å². The largest absolute Gasteiger partial charge is 0.146 e. The highest BCUT2D eigenvalue weighted by molar-refractivity contribution is 9.10. The molecule has 0 aliphatic heterocycles. The normalized spacial score (nSPS) is 20.4. The first-order valence-electron chi connectivity index (χ1n) is 6.22. The summed E-state index contributed by atoms with van der Waals surface area (Å²) in [6, 6.07) is 10.8. The van der Waals surface area contributed by atoms with Crippen LogP contribution in [-0.4, -0.2) is 0 Å². The van der Waals surface area contributed by atoms with E-state index in [1.54, 1.807) is 11.3 Å². The molecule has 0 saturated heterocycles. The molecule has 18 heavy (non-hydrogen) atoms. The van der Waals surface area contributed by atoms with E-state index in [0.29, 0.717) is 5.92 Å². The topological polar surface area (TPSA) is 0 Å². The summed E-state index contributed by atoms with van der Waals surface area (Å²) in [6.45, 7) is 0. The fraction of sp³-hybridized carbons (Fsp3) is 0.333. The lowest BCUT2D eigenvalue weighted by Gasteiger charge is -2.28. The summed E-state index contributed by atoms with van der Waals surface area (Å²) in [6.07, 6.45) is 3.63. The van der Waals surface area contributed by atoms with Gasteiger partial charge in [0.2, 0.25) is 0 Å². The Labute approximate surface area is 125 Å². The number of alkyl halides is 1. The van der Waals surface area contributed by atoms with Crippen LogP contribution in [0.25, 0.3) is 0 Å². The molecule has 2 aromatic rings. The quantitative estimate of drug-likeness (QED) is 0.596. The number of fused-ring (bicyclic) bond motifs is 1. The number of rotatable bonds is 2. The number of aryl methyl sites for hydroxylation is 1. The highest BCUT2D eigenvalue weighted by Crippen LogP contribution is 2.47. The Kier molecular flexibility index (Phi) is 3.78. The van der Waals surface area contributed by atoms with Crippen molar-refractivity contribution in [2.45, 2.75) is 30.6 Å².